The third-order valence-corrected chi connectivity index (χ3v) is 3.82. The molecule has 0 saturated heterocycles. The predicted octanol–water partition coefficient (Wildman–Crippen LogP) is 5.54. The second-order valence-corrected chi connectivity index (χ2v) is 5.81. The molecule has 0 amide bonds. The van der Waals surface area contributed by atoms with Crippen LogP contribution < -0.4 is 5.32 Å². The molecule has 0 saturated carbocycles. The number of hydrogen-bond acceptors (Lipinski definition) is 2. The van der Waals surface area contributed by atoms with E-state index in [1.165, 1.54) is 0 Å². The summed E-state index contributed by atoms with van der Waals surface area (Å²) in [6.45, 7) is 2.10. The van der Waals surface area contributed by atoms with E-state index >= 15 is 0 Å². The van der Waals surface area contributed by atoms with Crippen LogP contribution in [0.5, 0.6) is 0 Å². The first-order valence-corrected chi connectivity index (χ1v) is 7.52. The van der Waals surface area contributed by atoms with Gasteiger partial charge in [-0.1, -0.05) is 46.6 Å². The van der Waals surface area contributed by atoms with Crippen molar-refractivity contribution in [3.63, 3.8) is 0 Å². The smallest absolute Gasteiger partial charge is 0.101 e. The van der Waals surface area contributed by atoms with Crippen LogP contribution >= 0.6 is 27.5 Å². The van der Waals surface area contributed by atoms with Crippen molar-refractivity contribution in [2.24, 2.45) is 0 Å². The zero-order valence-electron chi connectivity index (χ0n) is 11.0. The molecule has 0 fully saturated rings. The highest BCUT2D eigenvalue weighted by atomic mass is 79.9. The third-order valence-electron chi connectivity index (χ3n) is 3.09. The lowest BCUT2D eigenvalue weighted by Crippen LogP contribution is -2.10. The van der Waals surface area contributed by atoms with Crippen LogP contribution in [0.1, 0.15) is 30.5 Å². The van der Waals surface area contributed by atoms with Gasteiger partial charge in [0.2, 0.25) is 0 Å². The lowest BCUT2D eigenvalue weighted by molar-refractivity contribution is 0.749. The van der Waals surface area contributed by atoms with Gasteiger partial charge in [-0.15, -0.1) is 0 Å². The maximum Gasteiger partial charge on any atom is 0.101 e. The van der Waals surface area contributed by atoms with E-state index in [1.807, 2.05) is 42.5 Å². The van der Waals surface area contributed by atoms with Crippen LogP contribution in [0, 0.1) is 11.3 Å². The van der Waals surface area contributed by atoms with Gasteiger partial charge in [0, 0.05) is 9.50 Å². The van der Waals surface area contributed by atoms with E-state index < -0.39 is 0 Å². The van der Waals surface area contributed by atoms with Gasteiger partial charge in [0.05, 0.1) is 17.3 Å². The van der Waals surface area contributed by atoms with E-state index in [2.05, 4.69) is 34.2 Å². The van der Waals surface area contributed by atoms with Crippen LogP contribution in [-0.4, -0.2) is 0 Å². The fourth-order valence-corrected chi connectivity index (χ4v) is 2.63. The van der Waals surface area contributed by atoms with Crippen molar-refractivity contribution in [1.29, 1.82) is 5.26 Å². The van der Waals surface area contributed by atoms with Crippen molar-refractivity contribution < 1.29 is 0 Å². The lowest BCUT2D eigenvalue weighted by Gasteiger charge is -2.20. The summed E-state index contributed by atoms with van der Waals surface area (Å²) in [4.78, 5) is 0. The van der Waals surface area contributed by atoms with Crippen LogP contribution in [0.15, 0.2) is 46.9 Å². The minimum atomic E-state index is 0.127. The molecule has 1 atom stereocenters. The summed E-state index contributed by atoms with van der Waals surface area (Å²) >= 11 is 9.42. The Hall–Kier alpha value is -1.50. The molecule has 2 aromatic carbocycles. The average molecular weight is 350 g/mol. The summed E-state index contributed by atoms with van der Waals surface area (Å²) < 4.78 is 0.899. The topological polar surface area (TPSA) is 35.8 Å². The number of nitriles is 1. The first kappa shape index (κ1) is 14.9. The standard InChI is InChI=1S/C16H14BrClN2/c1-2-15(11-4-3-5-14(18)9-11)20-16-7-6-13(17)8-12(16)10-19/h3-9,15,20H,2H2,1H3. The molecular formula is C16H14BrClN2. The van der Waals surface area contributed by atoms with E-state index in [9.17, 15) is 5.26 Å². The summed E-state index contributed by atoms with van der Waals surface area (Å²) in [5.41, 5.74) is 2.58. The minimum Gasteiger partial charge on any atom is -0.377 e. The molecule has 0 radical (unpaired) electrons. The quantitative estimate of drug-likeness (QED) is 0.787. The van der Waals surface area contributed by atoms with Gasteiger partial charge in [0.25, 0.3) is 0 Å². The van der Waals surface area contributed by atoms with Crippen molar-refractivity contribution in [3.8, 4) is 6.07 Å². The second-order valence-electron chi connectivity index (χ2n) is 4.46. The van der Waals surface area contributed by atoms with Gasteiger partial charge in [-0.25, -0.2) is 0 Å². The molecule has 0 aromatic heterocycles. The number of halogens is 2. The van der Waals surface area contributed by atoms with Crippen molar-refractivity contribution >= 4 is 33.2 Å². The number of anilines is 1. The summed E-state index contributed by atoms with van der Waals surface area (Å²) in [6, 6.07) is 15.8. The van der Waals surface area contributed by atoms with Gasteiger partial charge in [-0.05, 0) is 42.3 Å². The predicted molar refractivity (Wildman–Crippen MR) is 87.0 cm³/mol. The number of benzene rings is 2. The van der Waals surface area contributed by atoms with Gasteiger partial charge in [0.1, 0.15) is 6.07 Å². The molecule has 2 nitrogen and oxygen atoms in total. The van der Waals surface area contributed by atoms with E-state index in [1.54, 1.807) is 0 Å². The first-order chi connectivity index (χ1) is 9.63. The molecule has 0 aliphatic rings. The highest BCUT2D eigenvalue weighted by Crippen LogP contribution is 2.28. The van der Waals surface area contributed by atoms with Crippen LogP contribution in [0.4, 0.5) is 5.69 Å². The Morgan fingerprint density at radius 3 is 2.75 bits per heavy atom. The third kappa shape index (κ3) is 3.53. The normalized spacial score (nSPS) is 11.7. The molecule has 102 valence electrons. The number of nitrogens with zero attached hydrogens (tertiary/aromatic N) is 1. The molecule has 0 spiro atoms. The van der Waals surface area contributed by atoms with Gasteiger partial charge >= 0.3 is 0 Å². The summed E-state index contributed by atoms with van der Waals surface area (Å²) in [7, 11) is 0. The van der Waals surface area contributed by atoms with Crippen molar-refractivity contribution in [1.82, 2.24) is 0 Å². The largest absolute Gasteiger partial charge is 0.377 e. The van der Waals surface area contributed by atoms with Crippen molar-refractivity contribution in [2.75, 3.05) is 5.32 Å². The van der Waals surface area contributed by atoms with Gasteiger partial charge in [-0.2, -0.15) is 5.26 Å². The number of rotatable bonds is 4. The number of hydrogen-bond donors (Lipinski definition) is 1. The van der Waals surface area contributed by atoms with E-state index in [0.29, 0.717) is 5.56 Å². The minimum absolute atomic E-state index is 0.127. The molecule has 20 heavy (non-hydrogen) atoms. The monoisotopic (exact) mass is 348 g/mol. The Balaban J connectivity index is 2.29. The Morgan fingerprint density at radius 1 is 1.30 bits per heavy atom. The van der Waals surface area contributed by atoms with Crippen molar-refractivity contribution in [2.45, 2.75) is 19.4 Å². The number of nitrogens with one attached hydrogen (secondary N) is 1. The highest BCUT2D eigenvalue weighted by Gasteiger charge is 2.12. The molecule has 1 unspecified atom stereocenters. The molecule has 0 heterocycles. The Bertz CT molecular complexity index is 649. The highest BCUT2D eigenvalue weighted by molar-refractivity contribution is 9.10. The summed E-state index contributed by atoms with van der Waals surface area (Å²) in [5.74, 6) is 0. The second kappa shape index (κ2) is 6.78. The van der Waals surface area contributed by atoms with E-state index in [0.717, 1.165) is 27.2 Å². The Morgan fingerprint density at radius 2 is 2.10 bits per heavy atom. The molecule has 4 heteroatoms. The van der Waals surface area contributed by atoms with Gasteiger partial charge in [-0.3, -0.25) is 0 Å². The fourth-order valence-electron chi connectivity index (χ4n) is 2.07. The first-order valence-electron chi connectivity index (χ1n) is 6.35. The van der Waals surface area contributed by atoms with Crippen LogP contribution in [-0.2, 0) is 0 Å². The maximum absolute atomic E-state index is 9.21. The summed E-state index contributed by atoms with van der Waals surface area (Å²) in [5, 5.41) is 13.3. The molecule has 2 aromatic rings. The Kier molecular flexibility index (Phi) is 5.05. The maximum atomic E-state index is 9.21. The molecule has 0 aliphatic carbocycles. The molecule has 0 bridgehead atoms. The van der Waals surface area contributed by atoms with Crippen LogP contribution in [0.2, 0.25) is 5.02 Å². The summed E-state index contributed by atoms with van der Waals surface area (Å²) in [6.07, 6.45) is 0.904. The van der Waals surface area contributed by atoms with Gasteiger partial charge in [0.15, 0.2) is 0 Å². The van der Waals surface area contributed by atoms with E-state index in [-0.39, 0.29) is 6.04 Å². The van der Waals surface area contributed by atoms with Crippen LogP contribution in [0.3, 0.4) is 0 Å². The van der Waals surface area contributed by atoms with Crippen LogP contribution in [0.25, 0.3) is 0 Å². The lowest BCUT2D eigenvalue weighted by atomic mass is 10.0. The fraction of sp³-hybridized carbons (Fsp3) is 0.188. The van der Waals surface area contributed by atoms with Crippen molar-refractivity contribution in [3.05, 3.63) is 63.1 Å². The molecule has 0 aliphatic heterocycles. The zero-order chi connectivity index (χ0) is 14.5. The SMILES string of the molecule is CCC(Nc1ccc(Br)cc1C#N)c1cccc(Cl)c1. The molecule has 2 rings (SSSR count). The molecular weight excluding hydrogens is 336 g/mol. The zero-order valence-corrected chi connectivity index (χ0v) is 13.4. The van der Waals surface area contributed by atoms with E-state index in [4.69, 9.17) is 11.6 Å². The average Bonchev–Trinajstić information content (AvgIpc) is 2.45. The molecule has 1 N–H and O–H groups in total. The Labute approximate surface area is 132 Å². The van der Waals surface area contributed by atoms with Gasteiger partial charge < -0.3 is 5.32 Å².